The molecule has 0 unspecified atom stereocenters. The minimum absolute atomic E-state index is 0.342. The van der Waals surface area contributed by atoms with Crippen molar-refractivity contribution in [1.29, 1.82) is 0 Å². The van der Waals surface area contributed by atoms with Gasteiger partial charge in [-0.3, -0.25) is 0 Å². The van der Waals surface area contributed by atoms with Crippen LogP contribution in [0.25, 0.3) is 0 Å². The van der Waals surface area contributed by atoms with Crippen LogP contribution in [-0.4, -0.2) is 18.2 Å². The molecule has 3 rings (SSSR count). The van der Waals surface area contributed by atoms with Gasteiger partial charge in [0.1, 0.15) is 5.00 Å². The van der Waals surface area contributed by atoms with Gasteiger partial charge in [-0.1, -0.05) is 23.2 Å². The number of fused-ring (bicyclic) bond motifs is 1. The highest BCUT2D eigenvalue weighted by Crippen LogP contribution is 2.39. The Balaban J connectivity index is 1.81. The number of thiophene rings is 1. The summed E-state index contributed by atoms with van der Waals surface area (Å²) in [5.74, 6) is -0.342. The predicted molar refractivity (Wildman–Crippen MR) is 104 cm³/mol. The zero-order valence-corrected chi connectivity index (χ0v) is 15.9. The quantitative estimate of drug-likeness (QED) is 0.551. The molecule has 2 aromatic rings. The number of hydrogen-bond acceptors (Lipinski definition) is 4. The molecule has 4 nitrogen and oxygen atoms in total. The summed E-state index contributed by atoms with van der Waals surface area (Å²) in [6, 6.07) is 5.08. The smallest absolute Gasteiger partial charge is 0.341 e. The van der Waals surface area contributed by atoms with Gasteiger partial charge in [0.15, 0.2) is 5.11 Å². The van der Waals surface area contributed by atoms with Crippen LogP contribution >= 0.6 is 46.8 Å². The molecule has 126 valence electrons. The van der Waals surface area contributed by atoms with E-state index in [9.17, 15) is 4.79 Å². The van der Waals surface area contributed by atoms with Gasteiger partial charge in [-0.05, 0) is 55.2 Å². The largest absolute Gasteiger partial charge is 0.465 e. The maximum absolute atomic E-state index is 12.1. The first kappa shape index (κ1) is 17.5. The fourth-order valence-electron chi connectivity index (χ4n) is 2.70. The predicted octanol–water partition coefficient (Wildman–Crippen LogP) is 5.14. The van der Waals surface area contributed by atoms with Gasteiger partial charge in [-0.25, -0.2) is 4.79 Å². The topological polar surface area (TPSA) is 50.4 Å². The first-order valence-electron chi connectivity index (χ1n) is 7.25. The van der Waals surface area contributed by atoms with Crippen LogP contribution in [0.2, 0.25) is 10.0 Å². The standard InChI is InChI=1S/C16H14Cl2N2O2S2/c1-22-15(21)13-11-3-2-4-12(11)24-14(13)20-16(23)19-10-6-8(17)5-9(18)7-10/h5-7H,2-4H2,1H3,(H2,19,20,23). The summed E-state index contributed by atoms with van der Waals surface area (Å²) in [4.78, 5) is 13.3. The van der Waals surface area contributed by atoms with Gasteiger partial charge < -0.3 is 15.4 Å². The average Bonchev–Trinajstić information content (AvgIpc) is 3.05. The Morgan fingerprint density at radius 2 is 1.92 bits per heavy atom. The lowest BCUT2D eigenvalue weighted by atomic mass is 10.1. The van der Waals surface area contributed by atoms with E-state index in [2.05, 4.69) is 10.6 Å². The van der Waals surface area contributed by atoms with E-state index in [-0.39, 0.29) is 5.97 Å². The number of esters is 1. The normalized spacial score (nSPS) is 12.6. The van der Waals surface area contributed by atoms with Crippen LogP contribution < -0.4 is 10.6 Å². The van der Waals surface area contributed by atoms with E-state index < -0.39 is 0 Å². The lowest BCUT2D eigenvalue weighted by Gasteiger charge is -2.11. The fraction of sp³-hybridized carbons (Fsp3) is 0.250. The highest BCUT2D eigenvalue weighted by molar-refractivity contribution is 7.80. The van der Waals surface area contributed by atoms with Gasteiger partial charge >= 0.3 is 5.97 Å². The number of methoxy groups -OCH3 is 1. The number of benzene rings is 1. The monoisotopic (exact) mass is 400 g/mol. The molecule has 0 amide bonds. The number of ether oxygens (including phenoxy) is 1. The summed E-state index contributed by atoms with van der Waals surface area (Å²) in [6.07, 6.45) is 2.94. The molecule has 0 saturated carbocycles. The third-order valence-corrected chi connectivity index (χ3v) is 5.51. The Morgan fingerprint density at radius 1 is 1.21 bits per heavy atom. The van der Waals surface area contributed by atoms with Gasteiger partial charge in [-0.15, -0.1) is 11.3 Å². The van der Waals surface area contributed by atoms with Crippen molar-refractivity contribution in [3.8, 4) is 0 Å². The molecule has 1 aromatic heterocycles. The molecule has 0 bridgehead atoms. The van der Waals surface area contributed by atoms with E-state index in [1.54, 1.807) is 29.5 Å². The van der Waals surface area contributed by atoms with Crippen LogP contribution in [0.4, 0.5) is 10.7 Å². The number of nitrogens with one attached hydrogen (secondary N) is 2. The molecule has 1 aromatic carbocycles. The number of carbonyl (C=O) groups excluding carboxylic acids is 1. The molecular formula is C16H14Cl2N2O2S2. The van der Waals surface area contributed by atoms with Crippen molar-refractivity contribution in [2.24, 2.45) is 0 Å². The summed E-state index contributed by atoms with van der Waals surface area (Å²) in [5, 5.41) is 8.21. The molecule has 0 atom stereocenters. The van der Waals surface area contributed by atoms with Gasteiger partial charge in [0.05, 0.1) is 12.7 Å². The summed E-state index contributed by atoms with van der Waals surface area (Å²) < 4.78 is 4.92. The van der Waals surface area contributed by atoms with E-state index in [1.807, 2.05) is 0 Å². The zero-order valence-electron chi connectivity index (χ0n) is 12.7. The van der Waals surface area contributed by atoms with Crippen LogP contribution in [-0.2, 0) is 17.6 Å². The van der Waals surface area contributed by atoms with Crippen LogP contribution in [0.5, 0.6) is 0 Å². The second-order valence-electron chi connectivity index (χ2n) is 5.29. The molecule has 0 radical (unpaired) electrons. The van der Waals surface area contributed by atoms with Gasteiger partial charge in [0.25, 0.3) is 0 Å². The molecule has 2 N–H and O–H groups in total. The van der Waals surface area contributed by atoms with Crippen molar-refractivity contribution in [3.63, 3.8) is 0 Å². The lowest BCUT2D eigenvalue weighted by Crippen LogP contribution is -2.20. The van der Waals surface area contributed by atoms with E-state index in [4.69, 9.17) is 40.2 Å². The molecule has 0 aliphatic heterocycles. The Kier molecular flexibility index (Phi) is 5.30. The molecule has 1 aliphatic rings. The molecule has 0 saturated heterocycles. The van der Waals surface area contributed by atoms with Crippen molar-refractivity contribution in [2.75, 3.05) is 17.7 Å². The number of rotatable bonds is 3. The summed E-state index contributed by atoms with van der Waals surface area (Å²) >= 11 is 18.9. The third-order valence-electron chi connectivity index (χ3n) is 3.66. The van der Waals surface area contributed by atoms with Crippen molar-refractivity contribution in [2.45, 2.75) is 19.3 Å². The number of thiocarbonyl (C=S) groups is 1. The van der Waals surface area contributed by atoms with E-state index >= 15 is 0 Å². The molecule has 0 spiro atoms. The minimum Gasteiger partial charge on any atom is -0.465 e. The van der Waals surface area contributed by atoms with Crippen LogP contribution in [0.3, 0.4) is 0 Å². The van der Waals surface area contributed by atoms with E-state index in [1.165, 1.54) is 12.0 Å². The first-order valence-corrected chi connectivity index (χ1v) is 9.23. The molecule has 1 heterocycles. The minimum atomic E-state index is -0.342. The molecule has 0 fully saturated rings. The SMILES string of the molecule is COC(=O)c1c(NC(=S)Nc2cc(Cl)cc(Cl)c2)sc2c1CCC2. The van der Waals surface area contributed by atoms with Crippen molar-refractivity contribution in [3.05, 3.63) is 44.2 Å². The zero-order chi connectivity index (χ0) is 17.3. The number of hydrogen-bond donors (Lipinski definition) is 2. The van der Waals surface area contributed by atoms with Crippen molar-refractivity contribution >= 4 is 68.5 Å². The van der Waals surface area contributed by atoms with Crippen LogP contribution in [0, 0.1) is 0 Å². The maximum Gasteiger partial charge on any atom is 0.341 e. The Bertz CT molecular complexity index is 800. The van der Waals surface area contributed by atoms with Crippen LogP contribution in [0.1, 0.15) is 27.2 Å². The lowest BCUT2D eigenvalue weighted by molar-refractivity contribution is 0.0601. The van der Waals surface area contributed by atoms with Gasteiger partial charge in [-0.2, -0.15) is 0 Å². The van der Waals surface area contributed by atoms with Gasteiger partial charge in [0, 0.05) is 20.6 Å². The van der Waals surface area contributed by atoms with Crippen molar-refractivity contribution < 1.29 is 9.53 Å². The van der Waals surface area contributed by atoms with E-state index in [0.29, 0.717) is 31.4 Å². The highest BCUT2D eigenvalue weighted by Gasteiger charge is 2.27. The fourth-order valence-corrected chi connectivity index (χ4v) is 4.79. The van der Waals surface area contributed by atoms with E-state index in [0.717, 1.165) is 24.8 Å². The van der Waals surface area contributed by atoms with Crippen LogP contribution in [0.15, 0.2) is 18.2 Å². The maximum atomic E-state index is 12.1. The van der Waals surface area contributed by atoms with Gasteiger partial charge in [0.2, 0.25) is 0 Å². The van der Waals surface area contributed by atoms with Crippen molar-refractivity contribution in [1.82, 2.24) is 0 Å². The Morgan fingerprint density at radius 3 is 2.58 bits per heavy atom. The molecular weight excluding hydrogens is 387 g/mol. The molecule has 8 heteroatoms. The third kappa shape index (κ3) is 3.67. The summed E-state index contributed by atoms with van der Waals surface area (Å²) in [5.41, 5.74) is 2.33. The highest BCUT2D eigenvalue weighted by atomic mass is 35.5. The molecule has 24 heavy (non-hydrogen) atoms. The number of halogens is 2. The number of aryl methyl sites for hydroxylation is 1. The number of carbonyl (C=O) groups is 1. The summed E-state index contributed by atoms with van der Waals surface area (Å²) in [7, 11) is 1.38. The second kappa shape index (κ2) is 7.27. The summed E-state index contributed by atoms with van der Waals surface area (Å²) in [6.45, 7) is 0. The second-order valence-corrected chi connectivity index (χ2v) is 7.68. The Labute approximate surface area is 159 Å². The first-order chi connectivity index (χ1) is 11.5. The molecule has 1 aliphatic carbocycles. The average molecular weight is 401 g/mol. The number of anilines is 2. The Hall–Kier alpha value is -1.34.